The lowest BCUT2D eigenvalue weighted by molar-refractivity contribution is 0.116. The highest BCUT2D eigenvalue weighted by molar-refractivity contribution is 7.86. The molecule has 22 heavy (non-hydrogen) atoms. The topological polar surface area (TPSA) is 67.7 Å². The lowest BCUT2D eigenvalue weighted by Crippen LogP contribution is -2.47. The lowest BCUT2D eigenvalue weighted by atomic mass is 10.0. The fraction of sp³-hybridized carbons (Fsp3) is 0.786. The molecule has 1 aromatic heterocycles. The van der Waals surface area contributed by atoms with Crippen LogP contribution in [-0.4, -0.2) is 60.7 Å². The van der Waals surface area contributed by atoms with Crippen molar-refractivity contribution in [2.45, 2.75) is 26.3 Å². The molecule has 7 nitrogen and oxygen atoms in total. The van der Waals surface area contributed by atoms with E-state index in [1.165, 1.54) is 4.31 Å². The molecule has 8 heteroatoms. The minimum atomic E-state index is -3.44. The van der Waals surface area contributed by atoms with Crippen molar-refractivity contribution in [2.24, 2.45) is 13.0 Å². The van der Waals surface area contributed by atoms with Crippen molar-refractivity contribution in [3.05, 3.63) is 17.5 Å². The largest absolute Gasteiger partial charge is 0.384 e. The van der Waals surface area contributed by atoms with Gasteiger partial charge in [-0.15, -0.1) is 0 Å². The maximum absolute atomic E-state index is 12.7. The molecule has 0 bridgehead atoms. The Morgan fingerprint density at radius 2 is 2.23 bits per heavy atom. The van der Waals surface area contributed by atoms with Gasteiger partial charge in [0.2, 0.25) is 0 Å². The van der Waals surface area contributed by atoms with Crippen molar-refractivity contribution in [1.29, 1.82) is 0 Å². The Labute approximate surface area is 133 Å². The first-order valence-electron chi connectivity index (χ1n) is 7.54. The van der Waals surface area contributed by atoms with Crippen LogP contribution in [0.25, 0.3) is 0 Å². The van der Waals surface area contributed by atoms with Gasteiger partial charge in [-0.3, -0.25) is 4.68 Å². The number of methoxy groups -OCH3 is 1. The van der Waals surface area contributed by atoms with Crippen molar-refractivity contribution in [3.8, 4) is 0 Å². The van der Waals surface area contributed by atoms with Crippen molar-refractivity contribution < 1.29 is 13.2 Å². The first-order chi connectivity index (χ1) is 10.4. The summed E-state index contributed by atoms with van der Waals surface area (Å²) in [4.78, 5) is 0. The average Bonchev–Trinajstić information content (AvgIpc) is 2.80. The number of ether oxygens (including phenoxy) is 1. The van der Waals surface area contributed by atoms with Crippen molar-refractivity contribution in [2.75, 3.05) is 33.9 Å². The van der Waals surface area contributed by atoms with E-state index in [1.807, 2.05) is 14.0 Å². The molecule has 0 aromatic carbocycles. The molecular weight excluding hydrogens is 304 g/mol. The van der Waals surface area contributed by atoms with E-state index in [4.69, 9.17) is 4.74 Å². The molecule has 0 N–H and O–H groups in total. The van der Waals surface area contributed by atoms with E-state index in [2.05, 4.69) is 5.10 Å². The van der Waals surface area contributed by atoms with Crippen LogP contribution in [0.15, 0.2) is 6.20 Å². The summed E-state index contributed by atoms with van der Waals surface area (Å²) < 4.78 is 35.4. The molecule has 0 saturated carbocycles. The third-order valence-corrected chi connectivity index (χ3v) is 6.24. The first-order valence-corrected chi connectivity index (χ1v) is 8.93. The summed E-state index contributed by atoms with van der Waals surface area (Å²) in [5.41, 5.74) is 1.91. The van der Waals surface area contributed by atoms with E-state index in [0.717, 1.165) is 24.1 Å². The summed E-state index contributed by atoms with van der Waals surface area (Å²) in [5.74, 6) is 0.280. The van der Waals surface area contributed by atoms with E-state index in [9.17, 15) is 8.42 Å². The molecular formula is C14H26N4O3S. The fourth-order valence-corrected chi connectivity index (χ4v) is 4.28. The standard InChI is InChI=1S/C14H26N4O3S/c1-12-14(8-15-17(12)3)10-16(2)22(19,20)18-7-5-6-13(9-18)11-21-4/h8,13H,5-7,9-11H2,1-4H3. The van der Waals surface area contributed by atoms with Crippen LogP contribution in [0, 0.1) is 12.8 Å². The van der Waals surface area contributed by atoms with Crippen LogP contribution < -0.4 is 0 Å². The van der Waals surface area contributed by atoms with Gasteiger partial charge in [0.05, 0.1) is 12.8 Å². The van der Waals surface area contributed by atoms with Gasteiger partial charge in [-0.1, -0.05) is 0 Å². The predicted molar refractivity (Wildman–Crippen MR) is 84.5 cm³/mol. The molecule has 1 fully saturated rings. The van der Waals surface area contributed by atoms with Gasteiger partial charge >= 0.3 is 0 Å². The van der Waals surface area contributed by atoms with Gasteiger partial charge < -0.3 is 4.74 Å². The number of piperidine rings is 1. The van der Waals surface area contributed by atoms with Crippen LogP contribution in [0.4, 0.5) is 0 Å². The maximum Gasteiger partial charge on any atom is 0.282 e. The highest BCUT2D eigenvalue weighted by Gasteiger charge is 2.32. The van der Waals surface area contributed by atoms with Gasteiger partial charge in [0.1, 0.15) is 0 Å². The number of hydrogen-bond acceptors (Lipinski definition) is 4. The zero-order chi connectivity index (χ0) is 16.3. The Morgan fingerprint density at radius 1 is 1.50 bits per heavy atom. The summed E-state index contributed by atoms with van der Waals surface area (Å²) in [6.07, 6.45) is 3.63. The second kappa shape index (κ2) is 7.08. The average molecular weight is 330 g/mol. The quantitative estimate of drug-likeness (QED) is 0.772. The Hall–Kier alpha value is -0.960. The third-order valence-electron chi connectivity index (χ3n) is 4.33. The van der Waals surface area contributed by atoms with Gasteiger partial charge in [-0.2, -0.15) is 22.1 Å². The number of rotatable bonds is 6. The zero-order valence-corrected chi connectivity index (χ0v) is 14.6. The number of aryl methyl sites for hydroxylation is 1. The summed E-state index contributed by atoms with van der Waals surface area (Å²) in [6.45, 7) is 4.01. The van der Waals surface area contributed by atoms with Crippen LogP contribution in [0.2, 0.25) is 0 Å². The third kappa shape index (κ3) is 3.68. The van der Waals surface area contributed by atoms with E-state index in [0.29, 0.717) is 26.2 Å². The summed E-state index contributed by atoms with van der Waals surface area (Å²) >= 11 is 0. The van der Waals surface area contributed by atoms with Gasteiger partial charge in [0.15, 0.2) is 0 Å². The molecule has 126 valence electrons. The lowest BCUT2D eigenvalue weighted by Gasteiger charge is -2.34. The van der Waals surface area contributed by atoms with Crippen LogP contribution in [0.1, 0.15) is 24.1 Å². The predicted octanol–water partition coefficient (Wildman–Crippen LogP) is 0.764. The summed E-state index contributed by atoms with van der Waals surface area (Å²) in [6, 6.07) is 0. The fourth-order valence-electron chi connectivity index (χ4n) is 2.83. The van der Waals surface area contributed by atoms with E-state index < -0.39 is 10.2 Å². The monoisotopic (exact) mass is 330 g/mol. The minimum Gasteiger partial charge on any atom is -0.384 e. The number of aromatic nitrogens is 2. The zero-order valence-electron chi connectivity index (χ0n) is 13.8. The molecule has 1 aliphatic rings. The van der Waals surface area contributed by atoms with Crippen LogP contribution in [0.5, 0.6) is 0 Å². The molecule has 2 rings (SSSR count). The summed E-state index contributed by atoms with van der Waals surface area (Å²) in [7, 11) is 1.69. The minimum absolute atomic E-state index is 0.280. The SMILES string of the molecule is COCC1CCCN(S(=O)(=O)N(C)Cc2cnn(C)c2C)C1. The summed E-state index contributed by atoms with van der Waals surface area (Å²) in [5, 5.41) is 4.17. The highest BCUT2D eigenvalue weighted by atomic mass is 32.2. The molecule has 1 atom stereocenters. The second-order valence-electron chi connectivity index (χ2n) is 5.96. The molecule has 0 radical (unpaired) electrons. The van der Waals surface area contributed by atoms with Crippen molar-refractivity contribution >= 4 is 10.2 Å². The van der Waals surface area contributed by atoms with Gasteiger partial charge in [-0.05, 0) is 25.7 Å². The Bertz CT molecular complexity index is 597. The van der Waals surface area contributed by atoms with Crippen LogP contribution in [0.3, 0.4) is 0 Å². The first kappa shape index (κ1) is 17.4. The molecule has 0 amide bonds. The molecule has 1 aromatic rings. The number of nitrogens with zero attached hydrogens (tertiary/aromatic N) is 4. The highest BCUT2D eigenvalue weighted by Crippen LogP contribution is 2.22. The van der Waals surface area contributed by atoms with E-state index >= 15 is 0 Å². The van der Waals surface area contributed by atoms with Crippen molar-refractivity contribution in [1.82, 2.24) is 18.4 Å². The van der Waals surface area contributed by atoms with Crippen molar-refractivity contribution in [3.63, 3.8) is 0 Å². The molecule has 1 aliphatic heterocycles. The second-order valence-corrected chi connectivity index (χ2v) is 8.00. The molecule has 2 heterocycles. The van der Waals surface area contributed by atoms with Crippen LogP contribution >= 0.6 is 0 Å². The Morgan fingerprint density at radius 3 is 2.82 bits per heavy atom. The van der Waals surface area contributed by atoms with Crippen LogP contribution in [-0.2, 0) is 28.5 Å². The molecule has 1 saturated heterocycles. The molecule has 0 aliphatic carbocycles. The van der Waals surface area contributed by atoms with Gasteiger partial charge in [-0.25, -0.2) is 0 Å². The normalized spacial score (nSPS) is 20.7. The van der Waals surface area contributed by atoms with E-state index in [-0.39, 0.29) is 5.92 Å². The Balaban J connectivity index is 2.06. The Kier molecular flexibility index (Phi) is 5.60. The molecule has 1 unspecified atom stereocenters. The maximum atomic E-state index is 12.7. The smallest absolute Gasteiger partial charge is 0.282 e. The van der Waals surface area contributed by atoms with Gasteiger partial charge in [0.25, 0.3) is 10.2 Å². The van der Waals surface area contributed by atoms with E-state index in [1.54, 1.807) is 29.3 Å². The number of hydrogen-bond donors (Lipinski definition) is 0. The van der Waals surface area contributed by atoms with Gasteiger partial charge in [0, 0.05) is 52.1 Å². The molecule has 0 spiro atoms.